The molecule has 3 unspecified atom stereocenters. The number of hydrogen-bond donors (Lipinski definition) is 1. The van der Waals surface area contributed by atoms with Crippen LogP contribution in [-0.4, -0.2) is 78.9 Å². The summed E-state index contributed by atoms with van der Waals surface area (Å²) in [6, 6.07) is 14.7. The van der Waals surface area contributed by atoms with E-state index >= 15 is 0 Å². The molecule has 2 amide bonds. The van der Waals surface area contributed by atoms with Crippen LogP contribution in [0.3, 0.4) is 0 Å². The summed E-state index contributed by atoms with van der Waals surface area (Å²) in [4.78, 5) is 37.7. The second-order valence-corrected chi connectivity index (χ2v) is 10.1. The molecule has 40 heavy (non-hydrogen) atoms. The number of carbonyl (C=O) groups excluding carboxylic acids is 2. The third-order valence-electron chi connectivity index (χ3n) is 7.64. The second-order valence-electron chi connectivity index (χ2n) is 10.1. The highest BCUT2D eigenvalue weighted by Gasteiger charge is 2.41. The average Bonchev–Trinajstić information content (AvgIpc) is 3.00. The van der Waals surface area contributed by atoms with E-state index in [-0.39, 0.29) is 36.4 Å². The summed E-state index contributed by atoms with van der Waals surface area (Å²) >= 11 is 0. The predicted octanol–water partition coefficient (Wildman–Crippen LogP) is 3.01. The summed E-state index contributed by atoms with van der Waals surface area (Å²) in [5.74, 6) is 1.59. The van der Waals surface area contributed by atoms with E-state index in [9.17, 15) is 9.59 Å². The molecule has 0 aromatic heterocycles. The molecule has 1 fully saturated rings. The highest BCUT2D eigenvalue weighted by molar-refractivity contribution is 6.22. The molecule has 0 bridgehead atoms. The van der Waals surface area contributed by atoms with Gasteiger partial charge in [-0.3, -0.25) is 24.4 Å². The normalized spacial score (nSPS) is 21.6. The summed E-state index contributed by atoms with van der Waals surface area (Å²) in [5, 5.41) is 0. The lowest BCUT2D eigenvalue weighted by Gasteiger charge is -2.43. The molecule has 3 atom stereocenters. The van der Waals surface area contributed by atoms with Gasteiger partial charge in [0.25, 0.3) is 5.91 Å². The first-order valence-corrected chi connectivity index (χ1v) is 13.9. The minimum atomic E-state index is -0.350. The Bertz CT molecular complexity index is 1300. The molecule has 9 heteroatoms. The van der Waals surface area contributed by atoms with Gasteiger partial charge in [0.2, 0.25) is 5.91 Å². The van der Waals surface area contributed by atoms with Crippen LogP contribution in [0.4, 0.5) is 5.69 Å². The lowest BCUT2D eigenvalue weighted by atomic mass is 9.91. The lowest BCUT2D eigenvalue weighted by molar-refractivity contribution is -0.135. The van der Waals surface area contributed by atoms with Gasteiger partial charge < -0.3 is 20.1 Å². The van der Waals surface area contributed by atoms with E-state index in [1.165, 1.54) is 0 Å². The number of amidine groups is 1. The zero-order chi connectivity index (χ0) is 28.1. The standard InChI is InChI=1S/C31H37N5O4/c1-3-39-28-11-7-6-10-27(28)36-30(33-26-9-5-4-8-25(26)31(36)38)22(2)34-16-18-35(19-17-34)29(37)21-40-24-14-12-23(20-32)13-15-24/h4-15,22,25-26H,3,16-21,32H2,1-2H3. The van der Waals surface area contributed by atoms with Crippen LogP contribution in [0.5, 0.6) is 11.5 Å². The highest BCUT2D eigenvalue weighted by atomic mass is 16.5. The lowest BCUT2D eigenvalue weighted by Crippen LogP contribution is -2.59. The fraction of sp³-hybridized carbons (Fsp3) is 0.387. The van der Waals surface area contributed by atoms with Crippen LogP contribution >= 0.6 is 0 Å². The minimum Gasteiger partial charge on any atom is -0.492 e. The Labute approximate surface area is 235 Å². The Kier molecular flexibility index (Phi) is 8.62. The van der Waals surface area contributed by atoms with Crippen LogP contribution in [0.2, 0.25) is 0 Å². The van der Waals surface area contributed by atoms with Crippen molar-refractivity contribution in [2.24, 2.45) is 16.6 Å². The number of ether oxygens (including phenoxy) is 2. The molecule has 2 aliphatic heterocycles. The zero-order valence-corrected chi connectivity index (χ0v) is 23.1. The summed E-state index contributed by atoms with van der Waals surface area (Å²) in [5.41, 5.74) is 7.36. The maximum absolute atomic E-state index is 13.9. The van der Waals surface area contributed by atoms with Crippen LogP contribution in [0, 0.1) is 5.92 Å². The number of nitrogens with two attached hydrogens (primary N) is 1. The topological polar surface area (TPSA) is 101 Å². The molecule has 2 heterocycles. The molecule has 2 N–H and O–H groups in total. The van der Waals surface area contributed by atoms with Crippen molar-refractivity contribution in [3.8, 4) is 11.5 Å². The first kappa shape index (κ1) is 27.6. The van der Waals surface area contributed by atoms with Crippen molar-refractivity contribution >= 4 is 23.3 Å². The van der Waals surface area contributed by atoms with Gasteiger partial charge in [0.1, 0.15) is 17.3 Å². The first-order chi connectivity index (χ1) is 19.5. The summed E-state index contributed by atoms with van der Waals surface area (Å²) < 4.78 is 11.6. The smallest absolute Gasteiger partial charge is 0.260 e. The molecule has 5 rings (SSSR count). The van der Waals surface area contributed by atoms with Crippen LogP contribution in [0.25, 0.3) is 0 Å². The molecule has 2 aromatic rings. The summed E-state index contributed by atoms with van der Waals surface area (Å²) in [6.07, 6.45) is 7.77. The number of hydrogen-bond acceptors (Lipinski definition) is 7. The molecule has 0 saturated carbocycles. The third kappa shape index (κ3) is 5.80. The Balaban J connectivity index is 1.28. The van der Waals surface area contributed by atoms with E-state index in [2.05, 4.69) is 11.8 Å². The number of amides is 2. The molecule has 3 aliphatic rings. The second kappa shape index (κ2) is 12.5. The van der Waals surface area contributed by atoms with Crippen molar-refractivity contribution in [2.45, 2.75) is 32.5 Å². The molecule has 210 valence electrons. The summed E-state index contributed by atoms with van der Waals surface area (Å²) in [6.45, 7) is 7.43. The van der Waals surface area contributed by atoms with Crippen molar-refractivity contribution in [1.82, 2.24) is 9.80 Å². The third-order valence-corrected chi connectivity index (χ3v) is 7.64. The van der Waals surface area contributed by atoms with Crippen molar-refractivity contribution in [3.05, 3.63) is 78.4 Å². The van der Waals surface area contributed by atoms with Crippen LogP contribution in [0.1, 0.15) is 19.4 Å². The Hall–Kier alpha value is -3.95. The Morgan fingerprint density at radius 1 is 1.02 bits per heavy atom. The zero-order valence-electron chi connectivity index (χ0n) is 23.1. The SMILES string of the molecule is CCOc1ccccc1N1C(=O)C2C=CC=CC2N=C1C(C)N1CCN(C(=O)COc2ccc(CN)cc2)CC1. The number of rotatable bonds is 9. The molecule has 0 spiro atoms. The monoisotopic (exact) mass is 543 g/mol. The Morgan fingerprint density at radius 3 is 2.48 bits per heavy atom. The van der Waals surface area contributed by atoms with E-state index in [0.29, 0.717) is 62.4 Å². The number of para-hydroxylation sites is 2. The van der Waals surface area contributed by atoms with Gasteiger partial charge in [-0.1, -0.05) is 48.6 Å². The van der Waals surface area contributed by atoms with Crippen LogP contribution in [0.15, 0.2) is 77.8 Å². The predicted molar refractivity (Wildman–Crippen MR) is 156 cm³/mol. The molecule has 1 aliphatic carbocycles. The van der Waals surface area contributed by atoms with Gasteiger partial charge in [0, 0.05) is 32.7 Å². The maximum atomic E-state index is 13.9. The van der Waals surface area contributed by atoms with Crippen LogP contribution < -0.4 is 20.1 Å². The number of piperazine rings is 1. The van der Waals surface area contributed by atoms with Crippen molar-refractivity contribution in [2.75, 3.05) is 44.3 Å². The minimum absolute atomic E-state index is 0.0103. The molecular weight excluding hydrogens is 506 g/mol. The van der Waals surface area contributed by atoms with Gasteiger partial charge in [0.15, 0.2) is 6.61 Å². The maximum Gasteiger partial charge on any atom is 0.260 e. The quantitative estimate of drug-likeness (QED) is 0.522. The number of benzene rings is 2. The van der Waals surface area contributed by atoms with E-state index in [4.69, 9.17) is 20.2 Å². The summed E-state index contributed by atoms with van der Waals surface area (Å²) in [7, 11) is 0. The van der Waals surface area contributed by atoms with Gasteiger partial charge in [0.05, 0.1) is 30.3 Å². The molecule has 9 nitrogen and oxygen atoms in total. The first-order valence-electron chi connectivity index (χ1n) is 13.9. The van der Waals surface area contributed by atoms with Crippen molar-refractivity contribution in [1.29, 1.82) is 0 Å². The fourth-order valence-electron chi connectivity index (χ4n) is 5.36. The van der Waals surface area contributed by atoms with E-state index < -0.39 is 0 Å². The van der Waals surface area contributed by atoms with Gasteiger partial charge >= 0.3 is 0 Å². The van der Waals surface area contributed by atoms with Crippen molar-refractivity contribution in [3.63, 3.8) is 0 Å². The largest absolute Gasteiger partial charge is 0.492 e. The van der Waals surface area contributed by atoms with Gasteiger partial charge in [-0.15, -0.1) is 0 Å². The van der Waals surface area contributed by atoms with Gasteiger partial charge in [-0.2, -0.15) is 0 Å². The van der Waals surface area contributed by atoms with Gasteiger partial charge in [-0.25, -0.2) is 0 Å². The highest BCUT2D eigenvalue weighted by Crippen LogP contribution is 2.35. The van der Waals surface area contributed by atoms with Gasteiger partial charge in [-0.05, 0) is 43.7 Å². The molecule has 1 saturated heterocycles. The Morgan fingerprint density at radius 2 is 1.75 bits per heavy atom. The number of allylic oxidation sites excluding steroid dienone is 2. The van der Waals surface area contributed by atoms with E-state index in [0.717, 1.165) is 5.56 Å². The average molecular weight is 544 g/mol. The van der Waals surface area contributed by atoms with Crippen LogP contribution in [-0.2, 0) is 16.1 Å². The van der Waals surface area contributed by atoms with Crippen molar-refractivity contribution < 1.29 is 19.1 Å². The number of nitrogens with zero attached hydrogens (tertiary/aromatic N) is 4. The van der Waals surface area contributed by atoms with E-state index in [1.807, 2.05) is 84.7 Å². The number of anilines is 1. The number of carbonyl (C=O) groups is 2. The van der Waals surface area contributed by atoms with E-state index in [1.54, 1.807) is 4.90 Å². The molecular formula is C31H37N5O4. The number of aliphatic imine (C=N–C) groups is 1. The molecule has 2 aromatic carbocycles. The molecule has 0 radical (unpaired) electrons. The number of fused-ring (bicyclic) bond motifs is 1. The fourth-order valence-corrected chi connectivity index (χ4v) is 5.36.